The predicted octanol–water partition coefficient (Wildman–Crippen LogP) is 24.7. The number of H-pyrrole nitrogens is 1. The van der Waals surface area contributed by atoms with E-state index in [1.165, 1.54) is 32.1 Å². The van der Waals surface area contributed by atoms with Gasteiger partial charge in [0.25, 0.3) is 0 Å². The lowest BCUT2D eigenvalue weighted by atomic mass is 10.0. The van der Waals surface area contributed by atoms with E-state index in [9.17, 15) is 0 Å². The van der Waals surface area contributed by atoms with Crippen LogP contribution in [0.3, 0.4) is 0 Å². The minimum Gasteiger partial charge on any atom is -0.353 e. The quantitative estimate of drug-likeness (QED) is 0.136. The third-order valence-corrected chi connectivity index (χ3v) is 21.0. The summed E-state index contributed by atoms with van der Waals surface area (Å²) in [5.74, 6) is 2.88. The number of hydrogen-bond donors (Lipinski definition) is 1. The first-order valence-corrected chi connectivity index (χ1v) is 36.5. The van der Waals surface area contributed by atoms with Gasteiger partial charge in [-0.2, -0.15) is 19.9 Å². The Morgan fingerprint density at radius 2 is 0.600 bits per heavy atom. The van der Waals surface area contributed by atoms with Crippen LogP contribution in [-0.4, -0.2) is 49.4 Å². The maximum absolute atomic E-state index is 6.30. The Bertz CT molecular complexity index is 6340. The Labute approximate surface area is 617 Å². The molecule has 0 saturated carbocycles. The van der Waals surface area contributed by atoms with Gasteiger partial charge in [-0.1, -0.05) is 291 Å². The summed E-state index contributed by atoms with van der Waals surface area (Å²) in [5.41, 5.74) is 21.3. The molecule has 496 valence electrons. The lowest BCUT2D eigenvalue weighted by Crippen LogP contribution is -2.06. The second kappa shape index (κ2) is 28.3. The van der Waals surface area contributed by atoms with Crippen LogP contribution in [0.25, 0.3) is 181 Å². The molecule has 20 rings (SSSR count). The van der Waals surface area contributed by atoms with E-state index in [4.69, 9.17) is 41.5 Å². The van der Waals surface area contributed by atoms with Crippen LogP contribution in [0.5, 0.6) is 0 Å². The summed E-state index contributed by atoms with van der Waals surface area (Å²) in [5, 5.41) is 7.03. The fraction of sp³-hybridized carbons (Fsp3) is 0. The van der Waals surface area contributed by atoms with Gasteiger partial charge in [-0.25, -0.2) is 19.9 Å². The van der Waals surface area contributed by atoms with Crippen molar-refractivity contribution in [1.82, 2.24) is 49.4 Å². The number of para-hydroxylation sites is 2. The van der Waals surface area contributed by atoms with Crippen LogP contribution in [0.1, 0.15) is 0 Å². The van der Waals surface area contributed by atoms with Crippen molar-refractivity contribution in [3.05, 3.63) is 357 Å². The summed E-state index contributed by atoms with van der Waals surface area (Å²) < 4.78 is 4.53. The number of benzene rings is 14. The molecule has 6 heterocycles. The monoisotopic (exact) mass is 1400 g/mol. The lowest BCUT2D eigenvalue weighted by Gasteiger charge is -2.12. The molecule has 0 spiro atoms. The number of halogens is 1. The predicted molar refractivity (Wildman–Crippen MR) is 436 cm³/mol. The first kappa shape index (κ1) is 63.9. The second-order valence-corrected chi connectivity index (χ2v) is 27.6. The van der Waals surface area contributed by atoms with Gasteiger partial charge in [0.1, 0.15) is 10.0 Å². The Balaban J connectivity index is 0.000000124. The Hall–Kier alpha value is -13.2. The lowest BCUT2D eigenvalue weighted by molar-refractivity contribution is 0.955. The number of hydrogen-bond acceptors (Lipinski definition) is 10. The largest absolute Gasteiger partial charge is 0.353 e. The highest BCUT2D eigenvalue weighted by atomic mass is 35.5. The van der Waals surface area contributed by atoms with Crippen molar-refractivity contribution in [2.24, 2.45) is 0 Å². The van der Waals surface area contributed by atoms with Gasteiger partial charge in [0, 0.05) is 60.4 Å². The average Bonchev–Trinajstić information content (AvgIpc) is 1.55. The van der Waals surface area contributed by atoms with Gasteiger partial charge in [-0.15, -0.1) is 22.7 Å². The summed E-state index contributed by atoms with van der Waals surface area (Å²) in [6.45, 7) is 0. The standard InChI is InChI=1S/C46H29N5S.C27H18ClN3.C19H12N2S/c1-4-14-30(15-5-1)33-20-12-22-35(28-33)43-48-44(36-23-13-21-34(29-36)31-16-6-2-7-17-31)50-46(49-43)51-40-25-11-10-24-37(40)38-26-27-39-42(41(38)51)52-45(47-39)32-18-8-3-9-19-32;28-27-30-25(23-15-7-13-21(17-23)19-9-3-1-4-10-19)29-26(31-27)24-16-8-14-22(18-24)20-11-5-2-6-12-20;1-2-6-12(7-3-1)19-21-16-11-10-14-13-8-4-5-9-15(13)20-17(14)18(16)22-19/h1-29H;1-18H;1-11,20H. The van der Waals surface area contributed by atoms with Crippen LogP contribution in [-0.2, 0) is 0 Å². The molecule has 0 atom stereocenters. The molecule has 0 bridgehead atoms. The van der Waals surface area contributed by atoms with Crippen LogP contribution >= 0.6 is 34.3 Å². The third kappa shape index (κ3) is 13.0. The van der Waals surface area contributed by atoms with E-state index in [2.05, 4.69) is 286 Å². The van der Waals surface area contributed by atoms with Gasteiger partial charge >= 0.3 is 0 Å². The van der Waals surface area contributed by atoms with Gasteiger partial charge in [-0.05, 0) is 117 Å². The summed E-state index contributed by atoms with van der Waals surface area (Å²) in [6, 6.07) is 121. The van der Waals surface area contributed by atoms with E-state index >= 15 is 0 Å². The molecule has 0 saturated heterocycles. The van der Waals surface area contributed by atoms with Crippen LogP contribution in [0, 0.1) is 0 Å². The SMILES string of the molecule is Clc1nc(-c2cccc(-c3ccccc3)c2)nc(-c2cccc(-c3ccccc3)c2)n1.c1ccc(-c2cccc(-c3nc(-c4cccc(-c5ccccc5)c4)nc(-n4c5ccccc5c5ccc6nc(-c7ccccc7)sc6c54)n3)c2)cc1.c1ccc(-c2nc3ccc4c5ccccc5[nH]c4c3s2)cc1. The molecule has 20 aromatic rings. The molecule has 6 aromatic heterocycles. The number of thiazole rings is 2. The molecule has 0 unspecified atom stereocenters. The smallest absolute Gasteiger partial charge is 0.238 e. The number of nitrogens with zero attached hydrogens (tertiary/aromatic N) is 9. The van der Waals surface area contributed by atoms with Crippen molar-refractivity contribution < 1.29 is 0 Å². The second-order valence-electron chi connectivity index (χ2n) is 25.3. The van der Waals surface area contributed by atoms with Crippen molar-refractivity contribution in [1.29, 1.82) is 0 Å². The van der Waals surface area contributed by atoms with Crippen LogP contribution in [0.4, 0.5) is 0 Å². The molecule has 10 nitrogen and oxygen atoms in total. The molecular weight excluding hydrogens is 1340 g/mol. The van der Waals surface area contributed by atoms with Gasteiger partial charge in [0.2, 0.25) is 11.2 Å². The van der Waals surface area contributed by atoms with Crippen molar-refractivity contribution in [2.75, 3.05) is 0 Å². The highest BCUT2D eigenvalue weighted by Crippen LogP contribution is 2.43. The molecule has 105 heavy (non-hydrogen) atoms. The van der Waals surface area contributed by atoms with Crippen LogP contribution < -0.4 is 0 Å². The van der Waals surface area contributed by atoms with E-state index in [0.29, 0.717) is 29.2 Å². The fourth-order valence-corrected chi connectivity index (χ4v) is 15.9. The normalized spacial score (nSPS) is 11.3. The highest BCUT2D eigenvalue weighted by molar-refractivity contribution is 7.23. The molecule has 13 heteroatoms. The first-order valence-electron chi connectivity index (χ1n) is 34.5. The van der Waals surface area contributed by atoms with E-state index < -0.39 is 0 Å². The molecule has 0 aliphatic carbocycles. The zero-order valence-corrected chi connectivity index (χ0v) is 58.6. The highest BCUT2D eigenvalue weighted by Gasteiger charge is 2.23. The maximum atomic E-state index is 6.30. The molecule has 14 aromatic carbocycles. The van der Waals surface area contributed by atoms with Crippen LogP contribution in [0.2, 0.25) is 5.28 Å². The van der Waals surface area contributed by atoms with E-state index in [-0.39, 0.29) is 5.28 Å². The Morgan fingerprint density at radius 3 is 1.05 bits per heavy atom. The summed E-state index contributed by atoms with van der Waals surface area (Å²) in [4.78, 5) is 42.7. The molecule has 0 radical (unpaired) electrons. The molecule has 0 aliphatic rings. The number of fused-ring (bicyclic) bond motifs is 10. The van der Waals surface area contributed by atoms with Crippen molar-refractivity contribution >= 4 is 98.3 Å². The summed E-state index contributed by atoms with van der Waals surface area (Å²) in [7, 11) is 0. The van der Waals surface area contributed by atoms with Gasteiger partial charge in [0.05, 0.1) is 37.0 Å². The molecule has 0 amide bonds. The van der Waals surface area contributed by atoms with E-state index in [0.717, 1.165) is 120 Å². The fourth-order valence-electron chi connectivity index (χ4n) is 13.6. The number of nitrogens with one attached hydrogen (secondary N) is 1. The maximum Gasteiger partial charge on any atom is 0.238 e. The zero-order chi connectivity index (χ0) is 70.0. The van der Waals surface area contributed by atoms with Crippen molar-refractivity contribution in [2.45, 2.75) is 0 Å². The van der Waals surface area contributed by atoms with Gasteiger partial charge < -0.3 is 4.98 Å². The third-order valence-electron chi connectivity index (χ3n) is 18.6. The topological polar surface area (TPSA) is 124 Å². The summed E-state index contributed by atoms with van der Waals surface area (Å²) in [6.07, 6.45) is 0. The van der Waals surface area contributed by atoms with Crippen LogP contribution in [0.15, 0.2) is 352 Å². The zero-order valence-electron chi connectivity index (χ0n) is 56.2. The minimum atomic E-state index is 0.176. The molecule has 1 N–H and O–H groups in total. The van der Waals surface area contributed by atoms with Crippen molar-refractivity contribution in [3.8, 4) is 117 Å². The molecule has 0 aliphatic heterocycles. The van der Waals surface area contributed by atoms with Gasteiger partial charge in [0.15, 0.2) is 23.3 Å². The number of rotatable bonds is 11. The van der Waals surface area contributed by atoms with E-state index in [1.54, 1.807) is 22.7 Å². The molecule has 0 fully saturated rings. The number of aromatic nitrogens is 10. The van der Waals surface area contributed by atoms with E-state index in [1.807, 2.05) is 84.9 Å². The Kier molecular flexibility index (Phi) is 17.2. The Morgan fingerprint density at radius 1 is 0.257 bits per heavy atom. The first-order chi connectivity index (χ1) is 51.9. The number of aromatic amines is 1. The summed E-state index contributed by atoms with van der Waals surface area (Å²) >= 11 is 9.75. The van der Waals surface area contributed by atoms with Gasteiger partial charge in [-0.3, -0.25) is 4.57 Å². The van der Waals surface area contributed by atoms with Crippen molar-refractivity contribution in [3.63, 3.8) is 0 Å². The average molecular weight is 1400 g/mol. The minimum absolute atomic E-state index is 0.176. The molecular formula is C92H59ClN10S2.